The third-order valence-corrected chi connectivity index (χ3v) is 1.84. The summed E-state index contributed by atoms with van der Waals surface area (Å²) in [5.41, 5.74) is 1.07. The number of carbonyl (C=O) groups is 1. The van der Waals surface area contributed by atoms with Crippen molar-refractivity contribution >= 4 is 11.7 Å². The Morgan fingerprint density at radius 1 is 1.38 bits per heavy atom. The Bertz CT molecular complexity index is 345. The fraction of sp³-hybridized carbons (Fsp3) is 0.200. The van der Waals surface area contributed by atoms with Gasteiger partial charge >= 0.3 is 5.97 Å². The molecule has 0 saturated carbocycles. The maximum absolute atomic E-state index is 10.7. The summed E-state index contributed by atoms with van der Waals surface area (Å²) in [7, 11) is 0. The predicted octanol–water partition coefficient (Wildman–Crippen LogP) is 2.16. The minimum atomic E-state index is -0.978. The van der Waals surface area contributed by atoms with Gasteiger partial charge in [-0.15, -0.1) is 0 Å². The van der Waals surface area contributed by atoms with Crippen LogP contribution in [0.25, 0.3) is 0 Å². The van der Waals surface area contributed by atoms with Gasteiger partial charge in [0.1, 0.15) is 0 Å². The third-order valence-electron chi connectivity index (χ3n) is 1.84. The summed E-state index contributed by atoms with van der Waals surface area (Å²) in [5.74, 6) is -0.978. The molecule has 0 fully saturated rings. The fourth-order valence-electron chi connectivity index (χ4n) is 1.12. The molecule has 1 aromatic rings. The molecule has 68 valence electrons. The van der Waals surface area contributed by atoms with E-state index in [4.69, 9.17) is 10.5 Å². The second kappa shape index (κ2) is 3.85. The topological polar surface area (TPSA) is 61.2 Å². The molecule has 3 heteroatoms. The van der Waals surface area contributed by atoms with Crippen LogP contribution >= 0.6 is 0 Å². The Morgan fingerprint density at radius 3 is 2.38 bits per heavy atom. The van der Waals surface area contributed by atoms with Crippen LogP contribution in [0.4, 0.5) is 0 Å². The smallest absolute Gasteiger partial charge is 0.336 e. The van der Waals surface area contributed by atoms with Gasteiger partial charge in [-0.05, 0) is 12.5 Å². The van der Waals surface area contributed by atoms with Crippen LogP contribution < -0.4 is 0 Å². The highest BCUT2D eigenvalue weighted by Crippen LogP contribution is 2.10. The van der Waals surface area contributed by atoms with E-state index in [1.807, 2.05) is 6.92 Å². The number of carboxylic acid groups (broad SMARTS) is 1. The Hall–Kier alpha value is -1.64. The first-order valence-electron chi connectivity index (χ1n) is 4.07. The lowest BCUT2D eigenvalue weighted by molar-refractivity contribution is 0.0696. The van der Waals surface area contributed by atoms with E-state index in [0.717, 1.165) is 0 Å². The van der Waals surface area contributed by atoms with Crippen LogP contribution in [-0.2, 0) is 0 Å². The van der Waals surface area contributed by atoms with Gasteiger partial charge in [0.25, 0.3) is 0 Å². The average molecular weight is 177 g/mol. The van der Waals surface area contributed by atoms with Crippen molar-refractivity contribution in [2.24, 2.45) is 0 Å². The summed E-state index contributed by atoms with van der Waals surface area (Å²) >= 11 is 0. The Kier molecular flexibility index (Phi) is 2.80. The van der Waals surface area contributed by atoms with E-state index in [-0.39, 0.29) is 5.56 Å². The summed E-state index contributed by atoms with van der Waals surface area (Å²) in [6.07, 6.45) is 0.546. The van der Waals surface area contributed by atoms with Crippen molar-refractivity contribution in [3.63, 3.8) is 0 Å². The van der Waals surface area contributed by atoms with Crippen molar-refractivity contribution in [1.29, 1.82) is 5.41 Å². The van der Waals surface area contributed by atoms with Crippen molar-refractivity contribution < 1.29 is 9.90 Å². The zero-order valence-corrected chi connectivity index (χ0v) is 7.37. The summed E-state index contributed by atoms with van der Waals surface area (Å²) in [4.78, 5) is 10.7. The van der Waals surface area contributed by atoms with Gasteiger partial charge in [-0.25, -0.2) is 4.79 Å². The van der Waals surface area contributed by atoms with Gasteiger partial charge in [0.15, 0.2) is 0 Å². The second-order valence-corrected chi connectivity index (χ2v) is 2.68. The molecule has 0 aliphatic heterocycles. The van der Waals surface area contributed by atoms with Crippen molar-refractivity contribution in [3.05, 3.63) is 35.4 Å². The number of aromatic carboxylic acids is 1. The standard InChI is InChI=1S/C10H11NO2/c1-2-9(11)7-5-3-4-6-8(7)10(12)13/h3-6,11H,2H2,1H3,(H,12,13). The molecule has 0 aliphatic rings. The molecular formula is C10H11NO2. The largest absolute Gasteiger partial charge is 0.478 e. The lowest BCUT2D eigenvalue weighted by Gasteiger charge is -2.04. The van der Waals surface area contributed by atoms with Gasteiger partial charge < -0.3 is 10.5 Å². The first-order chi connectivity index (χ1) is 6.16. The number of carboxylic acids is 1. The van der Waals surface area contributed by atoms with E-state index in [1.54, 1.807) is 18.2 Å². The molecule has 1 rings (SSSR count). The van der Waals surface area contributed by atoms with Crippen LogP contribution in [0.2, 0.25) is 0 Å². The average Bonchev–Trinajstić information content (AvgIpc) is 2.16. The lowest BCUT2D eigenvalue weighted by Crippen LogP contribution is -2.07. The first-order valence-corrected chi connectivity index (χ1v) is 4.07. The zero-order chi connectivity index (χ0) is 9.84. The van der Waals surface area contributed by atoms with Crippen LogP contribution in [-0.4, -0.2) is 16.8 Å². The third kappa shape index (κ3) is 1.93. The first kappa shape index (κ1) is 9.45. The summed E-state index contributed by atoms with van der Waals surface area (Å²) in [6, 6.07) is 6.58. The van der Waals surface area contributed by atoms with Crippen molar-refractivity contribution in [1.82, 2.24) is 0 Å². The van der Waals surface area contributed by atoms with Crippen LogP contribution in [0.3, 0.4) is 0 Å². The maximum atomic E-state index is 10.7. The van der Waals surface area contributed by atoms with E-state index in [9.17, 15) is 4.79 Å². The maximum Gasteiger partial charge on any atom is 0.336 e. The number of rotatable bonds is 3. The molecule has 0 aromatic heterocycles. The van der Waals surface area contributed by atoms with E-state index in [1.165, 1.54) is 6.07 Å². The molecule has 0 radical (unpaired) electrons. The van der Waals surface area contributed by atoms with Crippen LogP contribution in [0, 0.1) is 5.41 Å². The second-order valence-electron chi connectivity index (χ2n) is 2.68. The molecule has 0 atom stereocenters. The zero-order valence-electron chi connectivity index (χ0n) is 7.37. The van der Waals surface area contributed by atoms with Gasteiger partial charge in [0.2, 0.25) is 0 Å². The van der Waals surface area contributed by atoms with E-state index in [2.05, 4.69) is 0 Å². The van der Waals surface area contributed by atoms with E-state index < -0.39 is 5.97 Å². The molecule has 0 saturated heterocycles. The Morgan fingerprint density at radius 2 is 1.92 bits per heavy atom. The van der Waals surface area contributed by atoms with Gasteiger partial charge in [-0.3, -0.25) is 0 Å². The van der Waals surface area contributed by atoms with Crippen molar-refractivity contribution in [3.8, 4) is 0 Å². The lowest BCUT2D eigenvalue weighted by atomic mass is 10.0. The molecule has 1 aromatic carbocycles. The molecule has 0 heterocycles. The monoisotopic (exact) mass is 177 g/mol. The van der Waals surface area contributed by atoms with Gasteiger partial charge in [-0.1, -0.05) is 25.1 Å². The predicted molar refractivity (Wildman–Crippen MR) is 50.5 cm³/mol. The summed E-state index contributed by atoms with van der Waals surface area (Å²) in [6.45, 7) is 1.83. The van der Waals surface area contributed by atoms with Gasteiger partial charge in [0.05, 0.1) is 5.56 Å². The van der Waals surface area contributed by atoms with Gasteiger partial charge in [-0.2, -0.15) is 0 Å². The molecule has 0 bridgehead atoms. The highest BCUT2D eigenvalue weighted by atomic mass is 16.4. The fourth-order valence-corrected chi connectivity index (χ4v) is 1.12. The Labute approximate surface area is 76.5 Å². The van der Waals surface area contributed by atoms with Crippen LogP contribution in [0.1, 0.15) is 29.3 Å². The van der Waals surface area contributed by atoms with Gasteiger partial charge in [0, 0.05) is 11.3 Å². The number of nitrogens with one attached hydrogen (secondary N) is 1. The molecular weight excluding hydrogens is 166 g/mol. The quantitative estimate of drug-likeness (QED) is 0.695. The Balaban J connectivity index is 3.19. The highest BCUT2D eigenvalue weighted by molar-refractivity contribution is 6.06. The van der Waals surface area contributed by atoms with E-state index >= 15 is 0 Å². The molecule has 0 spiro atoms. The summed E-state index contributed by atoms with van der Waals surface area (Å²) in [5, 5.41) is 16.4. The molecule has 3 nitrogen and oxygen atoms in total. The molecule has 2 N–H and O–H groups in total. The normalized spacial score (nSPS) is 9.62. The van der Waals surface area contributed by atoms with Crippen LogP contribution in [0.15, 0.2) is 24.3 Å². The SMILES string of the molecule is CCC(=N)c1ccccc1C(=O)O. The number of hydrogen-bond acceptors (Lipinski definition) is 2. The summed E-state index contributed by atoms with van der Waals surface area (Å²) < 4.78 is 0. The number of hydrogen-bond donors (Lipinski definition) is 2. The molecule has 0 amide bonds. The van der Waals surface area contributed by atoms with Crippen molar-refractivity contribution in [2.45, 2.75) is 13.3 Å². The molecule has 13 heavy (non-hydrogen) atoms. The minimum absolute atomic E-state index is 0.203. The van der Waals surface area contributed by atoms with E-state index in [0.29, 0.717) is 17.7 Å². The number of benzene rings is 1. The minimum Gasteiger partial charge on any atom is -0.478 e. The van der Waals surface area contributed by atoms with Crippen molar-refractivity contribution in [2.75, 3.05) is 0 Å². The molecule has 0 unspecified atom stereocenters. The highest BCUT2D eigenvalue weighted by Gasteiger charge is 2.10. The molecule has 0 aliphatic carbocycles. The van der Waals surface area contributed by atoms with Crippen LogP contribution in [0.5, 0.6) is 0 Å².